The van der Waals surface area contributed by atoms with Gasteiger partial charge in [-0.05, 0) is 12.8 Å². The monoisotopic (exact) mass is 171 g/mol. The lowest BCUT2D eigenvalue weighted by atomic mass is 10.3. The Kier molecular flexibility index (Phi) is 3.22. The Balaban J connectivity index is 2.24. The molecule has 1 N–H and O–H groups in total. The SMILES string of the molecule is O=C1CC(=O)N(CCCCO)C1. The summed E-state index contributed by atoms with van der Waals surface area (Å²) in [6, 6.07) is 0. The van der Waals surface area contributed by atoms with E-state index in [1.165, 1.54) is 0 Å². The molecule has 1 aliphatic rings. The van der Waals surface area contributed by atoms with Crippen molar-refractivity contribution >= 4 is 11.7 Å². The first-order valence-electron chi connectivity index (χ1n) is 4.14. The fraction of sp³-hybridized carbons (Fsp3) is 0.750. The van der Waals surface area contributed by atoms with Crippen LogP contribution < -0.4 is 0 Å². The average molecular weight is 171 g/mol. The van der Waals surface area contributed by atoms with Crippen LogP contribution in [0.2, 0.25) is 0 Å². The normalized spacial score (nSPS) is 17.6. The number of nitrogens with zero attached hydrogens (tertiary/aromatic N) is 1. The Bertz CT molecular complexity index is 191. The second-order valence-corrected chi connectivity index (χ2v) is 2.96. The predicted octanol–water partition coefficient (Wildman–Crippen LogP) is -0.440. The van der Waals surface area contributed by atoms with Crippen molar-refractivity contribution in [2.45, 2.75) is 19.3 Å². The van der Waals surface area contributed by atoms with E-state index in [-0.39, 0.29) is 31.3 Å². The molecule has 1 heterocycles. The summed E-state index contributed by atoms with van der Waals surface area (Å²) < 4.78 is 0. The van der Waals surface area contributed by atoms with Gasteiger partial charge in [-0.2, -0.15) is 0 Å². The first-order chi connectivity index (χ1) is 5.74. The van der Waals surface area contributed by atoms with E-state index >= 15 is 0 Å². The van der Waals surface area contributed by atoms with Crippen molar-refractivity contribution in [1.82, 2.24) is 4.90 Å². The molecule has 1 amide bonds. The Morgan fingerprint density at radius 2 is 2.08 bits per heavy atom. The zero-order valence-electron chi connectivity index (χ0n) is 6.95. The molecule has 68 valence electrons. The minimum Gasteiger partial charge on any atom is -0.396 e. The Labute approximate surface area is 71.2 Å². The summed E-state index contributed by atoms with van der Waals surface area (Å²) in [6.45, 7) is 1.02. The molecule has 0 aromatic rings. The summed E-state index contributed by atoms with van der Waals surface area (Å²) in [4.78, 5) is 23.4. The quantitative estimate of drug-likeness (QED) is 0.461. The van der Waals surface area contributed by atoms with E-state index in [0.29, 0.717) is 13.0 Å². The number of rotatable bonds is 4. The van der Waals surface area contributed by atoms with Gasteiger partial charge in [-0.1, -0.05) is 0 Å². The van der Waals surface area contributed by atoms with Crippen molar-refractivity contribution in [3.05, 3.63) is 0 Å². The number of carbonyl (C=O) groups is 2. The molecule has 1 fully saturated rings. The van der Waals surface area contributed by atoms with Crippen LogP contribution in [0, 0.1) is 0 Å². The van der Waals surface area contributed by atoms with Gasteiger partial charge in [0.2, 0.25) is 5.91 Å². The second-order valence-electron chi connectivity index (χ2n) is 2.96. The maximum Gasteiger partial charge on any atom is 0.230 e. The van der Waals surface area contributed by atoms with Gasteiger partial charge in [0.05, 0.1) is 13.0 Å². The topological polar surface area (TPSA) is 57.6 Å². The molecule has 1 rings (SSSR count). The van der Waals surface area contributed by atoms with Crippen LogP contribution in [-0.2, 0) is 9.59 Å². The predicted molar refractivity (Wildman–Crippen MR) is 42.5 cm³/mol. The van der Waals surface area contributed by atoms with Gasteiger partial charge in [0.15, 0.2) is 5.78 Å². The Morgan fingerprint density at radius 1 is 1.33 bits per heavy atom. The fourth-order valence-corrected chi connectivity index (χ4v) is 1.26. The van der Waals surface area contributed by atoms with Crippen molar-refractivity contribution < 1.29 is 14.7 Å². The lowest BCUT2D eigenvalue weighted by Gasteiger charge is -2.13. The van der Waals surface area contributed by atoms with E-state index < -0.39 is 0 Å². The second kappa shape index (κ2) is 4.21. The molecule has 0 radical (unpaired) electrons. The maximum absolute atomic E-state index is 11.0. The third-order valence-corrected chi connectivity index (χ3v) is 1.90. The molecular formula is C8H13NO3. The van der Waals surface area contributed by atoms with Gasteiger partial charge >= 0.3 is 0 Å². The zero-order valence-corrected chi connectivity index (χ0v) is 6.95. The van der Waals surface area contributed by atoms with E-state index in [0.717, 1.165) is 6.42 Å². The highest BCUT2D eigenvalue weighted by Crippen LogP contribution is 2.07. The molecule has 0 bridgehead atoms. The number of aliphatic hydroxyl groups excluding tert-OH is 1. The van der Waals surface area contributed by atoms with Crippen molar-refractivity contribution in [2.24, 2.45) is 0 Å². The summed E-state index contributed by atoms with van der Waals surface area (Å²) in [5.41, 5.74) is 0. The number of hydrogen-bond donors (Lipinski definition) is 1. The number of amides is 1. The van der Waals surface area contributed by atoms with Crippen LogP contribution in [-0.4, -0.2) is 41.4 Å². The van der Waals surface area contributed by atoms with Crippen molar-refractivity contribution in [3.63, 3.8) is 0 Å². The van der Waals surface area contributed by atoms with Crippen LogP contribution in [0.5, 0.6) is 0 Å². The van der Waals surface area contributed by atoms with E-state index in [9.17, 15) is 9.59 Å². The van der Waals surface area contributed by atoms with Crippen molar-refractivity contribution in [2.75, 3.05) is 19.7 Å². The van der Waals surface area contributed by atoms with E-state index in [2.05, 4.69) is 0 Å². The summed E-state index contributed by atoms with van der Waals surface area (Å²) in [6.07, 6.45) is 1.53. The molecule has 1 saturated heterocycles. The van der Waals surface area contributed by atoms with Gasteiger partial charge in [0, 0.05) is 13.2 Å². The van der Waals surface area contributed by atoms with Crippen LogP contribution >= 0.6 is 0 Å². The van der Waals surface area contributed by atoms with E-state index in [4.69, 9.17) is 5.11 Å². The highest BCUT2D eigenvalue weighted by atomic mass is 16.3. The van der Waals surface area contributed by atoms with E-state index in [1.54, 1.807) is 4.90 Å². The third-order valence-electron chi connectivity index (χ3n) is 1.90. The van der Waals surface area contributed by atoms with Gasteiger partial charge in [-0.15, -0.1) is 0 Å². The van der Waals surface area contributed by atoms with Crippen LogP contribution in [0.1, 0.15) is 19.3 Å². The molecule has 0 spiro atoms. The number of unbranched alkanes of at least 4 members (excludes halogenated alkanes) is 1. The molecule has 4 nitrogen and oxygen atoms in total. The zero-order chi connectivity index (χ0) is 8.97. The van der Waals surface area contributed by atoms with Crippen LogP contribution in [0.4, 0.5) is 0 Å². The lowest BCUT2D eigenvalue weighted by Crippen LogP contribution is -2.26. The standard InChI is InChI=1S/C8H13NO3/c10-4-2-1-3-9-6-7(11)5-8(9)12/h10H,1-6H2. The van der Waals surface area contributed by atoms with Crippen molar-refractivity contribution in [1.29, 1.82) is 0 Å². The number of likely N-dealkylation sites (tertiary alicyclic amines) is 1. The van der Waals surface area contributed by atoms with Crippen LogP contribution in [0.3, 0.4) is 0 Å². The summed E-state index contributed by atoms with van der Waals surface area (Å²) in [7, 11) is 0. The number of carbonyl (C=O) groups excluding carboxylic acids is 2. The minimum absolute atomic E-state index is 0.00370. The number of aliphatic hydroxyl groups is 1. The first-order valence-corrected chi connectivity index (χ1v) is 4.14. The average Bonchev–Trinajstić information content (AvgIpc) is 2.31. The first kappa shape index (κ1) is 9.19. The minimum atomic E-state index is -0.0714. The summed E-state index contributed by atoms with van der Waals surface area (Å²) in [5.74, 6) is -0.0676. The van der Waals surface area contributed by atoms with Crippen LogP contribution in [0.15, 0.2) is 0 Å². The molecular weight excluding hydrogens is 158 g/mol. The van der Waals surface area contributed by atoms with Gasteiger partial charge < -0.3 is 10.0 Å². The summed E-state index contributed by atoms with van der Waals surface area (Å²) >= 11 is 0. The Hall–Kier alpha value is -0.900. The molecule has 0 aliphatic carbocycles. The Morgan fingerprint density at radius 3 is 2.58 bits per heavy atom. The van der Waals surface area contributed by atoms with Gasteiger partial charge in [-0.25, -0.2) is 0 Å². The lowest BCUT2D eigenvalue weighted by molar-refractivity contribution is -0.127. The molecule has 12 heavy (non-hydrogen) atoms. The van der Waals surface area contributed by atoms with Gasteiger partial charge in [0.1, 0.15) is 0 Å². The molecule has 0 aromatic carbocycles. The third kappa shape index (κ3) is 2.30. The van der Waals surface area contributed by atoms with Gasteiger partial charge in [0.25, 0.3) is 0 Å². The number of ketones is 1. The highest BCUT2D eigenvalue weighted by Gasteiger charge is 2.26. The molecule has 0 aromatic heterocycles. The smallest absolute Gasteiger partial charge is 0.230 e. The summed E-state index contributed by atoms with van der Waals surface area (Å²) in [5, 5.41) is 8.49. The molecule has 1 aliphatic heterocycles. The molecule has 0 atom stereocenters. The van der Waals surface area contributed by atoms with E-state index in [1.807, 2.05) is 0 Å². The van der Waals surface area contributed by atoms with Crippen LogP contribution in [0.25, 0.3) is 0 Å². The van der Waals surface area contributed by atoms with Crippen molar-refractivity contribution in [3.8, 4) is 0 Å². The largest absolute Gasteiger partial charge is 0.396 e. The molecule has 0 saturated carbocycles. The maximum atomic E-state index is 11.0. The molecule has 4 heteroatoms. The molecule has 0 unspecified atom stereocenters. The van der Waals surface area contributed by atoms with Gasteiger partial charge in [-0.3, -0.25) is 9.59 Å². The number of Topliss-reactive ketones (excluding diaryl/α,β-unsaturated/α-hetero) is 1. The fourth-order valence-electron chi connectivity index (χ4n) is 1.26. The highest BCUT2D eigenvalue weighted by molar-refractivity contribution is 6.05. The number of hydrogen-bond acceptors (Lipinski definition) is 3.